The molecule has 1 aliphatic rings. The maximum atomic E-state index is 12.3. The van der Waals surface area contributed by atoms with Crippen LogP contribution in [0.3, 0.4) is 0 Å². The van der Waals surface area contributed by atoms with Gasteiger partial charge in [0.2, 0.25) is 5.91 Å². The van der Waals surface area contributed by atoms with E-state index in [4.69, 9.17) is 14.7 Å². The van der Waals surface area contributed by atoms with Crippen LogP contribution in [-0.4, -0.2) is 32.7 Å². The lowest BCUT2D eigenvalue weighted by Gasteiger charge is -2.32. The van der Waals surface area contributed by atoms with E-state index < -0.39 is 0 Å². The molecule has 1 amide bonds. The molecule has 1 saturated heterocycles. The smallest absolute Gasteiger partial charge is 0.248 e. The second-order valence-corrected chi connectivity index (χ2v) is 7.40. The number of amides is 1. The van der Waals surface area contributed by atoms with Gasteiger partial charge in [-0.25, -0.2) is 0 Å². The number of hydrogen-bond acceptors (Lipinski definition) is 5. The van der Waals surface area contributed by atoms with Crippen molar-refractivity contribution in [3.05, 3.63) is 54.1 Å². The molecule has 0 aromatic heterocycles. The lowest BCUT2D eigenvalue weighted by Crippen LogP contribution is -2.32. The van der Waals surface area contributed by atoms with Crippen LogP contribution >= 0.6 is 0 Å². The largest absolute Gasteiger partial charge is 0.493 e. The van der Waals surface area contributed by atoms with Crippen LogP contribution in [0, 0.1) is 17.2 Å². The predicted molar refractivity (Wildman–Crippen MR) is 119 cm³/mol. The van der Waals surface area contributed by atoms with Crippen molar-refractivity contribution in [1.29, 1.82) is 5.26 Å². The number of hydrogen-bond donors (Lipinski definition) is 1. The van der Waals surface area contributed by atoms with Gasteiger partial charge in [0.25, 0.3) is 0 Å². The van der Waals surface area contributed by atoms with Crippen LogP contribution < -0.4 is 19.7 Å². The van der Waals surface area contributed by atoms with Gasteiger partial charge in [-0.05, 0) is 66.8 Å². The van der Waals surface area contributed by atoms with Crippen LogP contribution in [-0.2, 0) is 4.79 Å². The summed E-state index contributed by atoms with van der Waals surface area (Å²) in [4.78, 5) is 14.7. The van der Waals surface area contributed by atoms with Crippen molar-refractivity contribution in [3.8, 4) is 17.6 Å². The Kier molecular flexibility index (Phi) is 7.34. The number of benzene rings is 2. The minimum absolute atomic E-state index is 0.0520. The van der Waals surface area contributed by atoms with Crippen molar-refractivity contribution in [2.24, 2.45) is 5.92 Å². The minimum atomic E-state index is -0.210. The van der Waals surface area contributed by atoms with E-state index >= 15 is 0 Å². The Labute approximate surface area is 177 Å². The Morgan fingerprint density at radius 1 is 1.20 bits per heavy atom. The predicted octanol–water partition coefficient (Wildman–Crippen LogP) is 4.49. The first kappa shape index (κ1) is 21.3. The van der Waals surface area contributed by atoms with Crippen LogP contribution in [0.25, 0.3) is 6.08 Å². The summed E-state index contributed by atoms with van der Waals surface area (Å²) in [5, 5.41) is 11.5. The fraction of sp³-hybridized carbons (Fsp3) is 0.333. The van der Waals surface area contributed by atoms with E-state index in [0.29, 0.717) is 11.5 Å². The third-order valence-corrected chi connectivity index (χ3v) is 5.19. The summed E-state index contributed by atoms with van der Waals surface area (Å²) in [5.41, 5.74) is 2.75. The molecule has 0 bridgehead atoms. The molecule has 0 aliphatic carbocycles. The van der Waals surface area contributed by atoms with Gasteiger partial charge in [0.1, 0.15) is 6.07 Å². The molecule has 1 aliphatic heterocycles. The van der Waals surface area contributed by atoms with Crippen molar-refractivity contribution < 1.29 is 14.3 Å². The number of carbonyl (C=O) groups excluding carboxylic acids is 1. The van der Waals surface area contributed by atoms with Gasteiger partial charge < -0.3 is 19.7 Å². The Bertz CT molecular complexity index is 924. The fourth-order valence-electron chi connectivity index (χ4n) is 3.40. The Balaban J connectivity index is 1.57. The molecule has 156 valence electrons. The summed E-state index contributed by atoms with van der Waals surface area (Å²) >= 11 is 0. The molecule has 2 aromatic rings. The highest BCUT2D eigenvalue weighted by atomic mass is 16.5. The van der Waals surface area contributed by atoms with Gasteiger partial charge in [-0.1, -0.05) is 13.0 Å². The van der Waals surface area contributed by atoms with Gasteiger partial charge in [0.15, 0.2) is 18.1 Å². The molecule has 0 saturated carbocycles. The quantitative estimate of drug-likeness (QED) is 0.687. The van der Waals surface area contributed by atoms with Gasteiger partial charge in [0, 0.05) is 30.5 Å². The maximum absolute atomic E-state index is 12.3. The first-order chi connectivity index (χ1) is 14.6. The van der Waals surface area contributed by atoms with Crippen molar-refractivity contribution in [1.82, 2.24) is 0 Å². The summed E-state index contributed by atoms with van der Waals surface area (Å²) in [6, 6.07) is 15.2. The number of carbonyl (C=O) groups is 1. The first-order valence-corrected chi connectivity index (χ1v) is 10.1. The summed E-state index contributed by atoms with van der Waals surface area (Å²) < 4.78 is 10.6. The summed E-state index contributed by atoms with van der Waals surface area (Å²) in [7, 11) is 1.53. The van der Waals surface area contributed by atoms with Gasteiger partial charge in [-0.15, -0.1) is 0 Å². The van der Waals surface area contributed by atoms with Crippen LogP contribution in [0.1, 0.15) is 25.3 Å². The Hall–Kier alpha value is -3.46. The zero-order valence-corrected chi connectivity index (χ0v) is 17.4. The number of piperidine rings is 1. The molecule has 0 spiro atoms. The van der Waals surface area contributed by atoms with Gasteiger partial charge in [0.05, 0.1) is 7.11 Å². The molecule has 1 N–H and O–H groups in total. The van der Waals surface area contributed by atoms with Crippen molar-refractivity contribution in [2.75, 3.05) is 37.0 Å². The minimum Gasteiger partial charge on any atom is -0.493 e. The molecule has 1 heterocycles. The summed E-state index contributed by atoms with van der Waals surface area (Å²) in [5.74, 6) is 1.59. The topological polar surface area (TPSA) is 74.6 Å². The Morgan fingerprint density at radius 3 is 2.60 bits per heavy atom. The van der Waals surface area contributed by atoms with Crippen LogP contribution in [0.2, 0.25) is 0 Å². The van der Waals surface area contributed by atoms with E-state index in [2.05, 4.69) is 29.3 Å². The summed E-state index contributed by atoms with van der Waals surface area (Å²) in [6.07, 6.45) is 5.62. The fourth-order valence-corrected chi connectivity index (χ4v) is 3.40. The van der Waals surface area contributed by atoms with E-state index in [0.717, 1.165) is 30.3 Å². The third-order valence-electron chi connectivity index (χ3n) is 5.19. The normalized spacial score (nSPS) is 14.4. The van der Waals surface area contributed by atoms with Crippen molar-refractivity contribution in [2.45, 2.75) is 19.8 Å². The molecule has 2 aromatic carbocycles. The standard InChI is InChI=1S/C24H27N3O3/c1-18-11-14-27(15-12-18)21-7-5-20(6-8-21)26-24(28)10-4-19-3-9-22(30-16-13-25)23(17-19)29-2/h3-10,17-18H,11-12,14-16H2,1-2H3,(H,26,28)/b10-4+. The van der Waals surface area contributed by atoms with E-state index in [1.807, 2.05) is 18.2 Å². The number of rotatable bonds is 7. The number of methoxy groups -OCH3 is 1. The zero-order valence-electron chi connectivity index (χ0n) is 17.4. The van der Waals surface area contributed by atoms with E-state index in [9.17, 15) is 4.79 Å². The SMILES string of the molecule is COc1cc(/C=C/C(=O)Nc2ccc(N3CCC(C)CC3)cc2)ccc1OCC#N. The lowest BCUT2D eigenvalue weighted by atomic mass is 9.99. The molecule has 6 nitrogen and oxygen atoms in total. The molecule has 0 unspecified atom stereocenters. The molecule has 0 radical (unpaired) electrons. The van der Waals surface area contributed by atoms with Crippen molar-refractivity contribution >= 4 is 23.4 Å². The van der Waals surface area contributed by atoms with Gasteiger partial charge in [-0.3, -0.25) is 4.79 Å². The molecule has 1 fully saturated rings. The molecule has 30 heavy (non-hydrogen) atoms. The van der Waals surface area contributed by atoms with Gasteiger partial charge >= 0.3 is 0 Å². The monoisotopic (exact) mass is 405 g/mol. The van der Waals surface area contributed by atoms with Crippen molar-refractivity contribution in [3.63, 3.8) is 0 Å². The average Bonchev–Trinajstić information content (AvgIpc) is 2.77. The third kappa shape index (κ3) is 5.77. The number of nitriles is 1. The van der Waals surface area contributed by atoms with Gasteiger partial charge in [-0.2, -0.15) is 5.26 Å². The Morgan fingerprint density at radius 2 is 1.93 bits per heavy atom. The molecule has 3 rings (SSSR count). The highest BCUT2D eigenvalue weighted by molar-refractivity contribution is 6.02. The molecular formula is C24H27N3O3. The number of nitrogens with zero attached hydrogens (tertiary/aromatic N) is 2. The molecule has 0 atom stereocenters. The summed E-state index contributed by atoms with van der Waals surface area (Å²) in [6.45, 7) is 4.42. The second-order valence-electron chi connectivity index (χ2n) is 7.40. The van der Waals surface area contributed by atoms with Crippen LogP contribution in [0.15, 0.2) is 48.5 Å². The molecular weight excluding hydrogens is 378 g/mol. The van der Waals surface area contributed by atoms with Crippen LogP contribution in [0.4, 0.5) is 11.4 Å². The van der Waals surface area contributed by atoms with E-state index in [1.165, 1.54) is 31.7 Å². The maximum Gasteiger partial charge on any atom is 0.248 e. The second kappa shape index (κ2) is 10.4. The highest BCUT2D eigenvalue weighted by Crippen LogP contribution is 2.28. The number of anilines is 2. The zero-order chi connectivity index (χ0) is 21.3. The molecule has 6 heteroatoms. The van der Waals surface area contributed by atoms with Crippen LogP contribution in [0.5, 0.6) is 11.5 Å². The average molecular weight is 405 g/mol. The van der Waals surface area contributed by atoms with E-state index in [1.54, 1.807) is 24.3 Å². The number of nitrogens with one attached hydrogen (secondary N) is 1. The first-order valence-electron chi connectivity index (χ1n) is 10.1. The highest BCUT2D eigenvalue weighted by Gasteiger charge is 2.15. The number of ether oxygens (including phenoxy) is 2. The van der Waals surface area contributed by atoms with E-state index in [-0.39, 0.29) is 12.5 Å². The lowest BCUT2D eigenvalue weighted by molar-refractivity contribution is -0.111.